The Hall–Kier alpha value is -3.43. The van der Waals surface area contributed by atoms with E-state index in [2.05, 4.69) is 10.2 Å². The van der Waals surface area contributed by atoms with Crippen molar-refractivity contribution in [3.05, 3.63) is 64.7 Å². The Morgan fingerprint density at radius 1 is 0.944 bits per heavy atom. The summed E-state index contributed by atoms with van der Waals surface area (Å²) in [5, 5.41) is 25.4. The van der Waals surface area contributed by atoms with E-state index in [1.807, 2.05) is 22.8 Å². The van der Waals surface area contributed by atoms with Gasteiger partial charge in [0.25, 0.3) is 11.8 Å². The maximum absolute atomic E-state index is 13.1. The van der Waals surface area contributed by atoms with Crippen LogP contribution in [-0.4, -0.2) is 70.4 Å². The maximum Gasteiger partial charge on any atom is 0.259 e. The van der Waals surface area contributed by atoms with Crippen LogP contribution in [0.15, 0.2) is 48.5 Å². The monoisotopic (exact) mass is 505 g/mol. The fourth-order valence-corrected chi connectivity index (χ4v) is 5.61. The smallest absolute Gasteiger partial charge is 0.259 e. The van der Waals surface area contributed by atoms with Gasteiger partial charge in [-0.1, -0.05) is 29.8 Å². The molecule has 6 rings (SSSR count). The van der Waals surface area contributed by atoms with Crippen molar-refractivity contribution in [2.75, 3.05) is 32.8 Å². The van der Waals surface area contributed by atoms with Gasteiger partial charge in [0.1, 0.15) is 5.75 Å². The second kappa shape index (κ2) is 8.90. The standard InChI is InChI=1S/C27H24ClN3O5/c28-20-4-2-1-3-17(20)18-12-22-23(25-24(18)26(34)29-27(25)35)19-11-15(32)5-6-21(19)31(22)14-16(33)13-30-7-9-36-10-8-30/h1-6,11-12,16,32-33H,7-10,13-14H2,(H,29,34,35). The highest BCUT2D eigenvalue weighted by molar-refractivity contribution is 6.36. The van der Waals surface area contributed by atoms with E-state index in [1.54, 1.807) is 30.3 Å². The minimum atomic E-state index is -0.692. The number of benzene rings is 3. The average Bonchev–Trinajstić information content (AvgIpc) is 3.32. The highest BCUT2D eigenvalue weighted by Crippen LogP contribution is 2.42. The summed E-state index contributed by atoms with van der Waals surface area (Å²) in [6.07, 6.45) is -0.692. The second-order valence-electron chi connectivity index (χ2n) is 9.21. The first kappa shape index (κ1) is 23.0. The van der Waals surface area contributed by atoms with Gasteiger partial charge in [-0.15, -0.1) is 0 Å². The van der Waals surface area contributed by atoms with Crippen LogP contribution in [0.5, 0.6) is 5.75 Å². The zero-order chi connectivity index (χ0) is 25.0. The zero-order valence-electron chi connectivity index (χ0n) is 19.3. The molecule has 4 aromatic rings. The number of rotatable bonds is 5. The lowest BCUT2D eigenvalue weighted by Gasteiger charge is -2.28. The van der Waals surface area contributed by atoms with Crippen LogP contribution in [0.3, 0.4) is 0 Å². The van der Waals surface area contributed by atoms with Crippen molar-refractivity contribution in [3.63, 3.8) is 0 Å². The van der Waals surface area contributed by atoms with Gasteiger partial charge in [0, 0.05) is 46.5 Å². The molecule has 3 aromatic carbocycles. The van der Waals surface area contributed by atoms with Crippen molar-refractivity contribution in [2.45, 2.75) is 12.6 Å². The molecule has 1 unspecified atom stereocenters. The molecule has 1 saturated heterocycles. The number of imide groups is 1. The number of carbonyl (C=O) groups is 2. The van der Waals surface area contributed by atoms with Gasteiger partial charge < -0.3 is 19.5 Å². The zero-order valence-corrected chi connectivity index (χ0v) is 20.1. The lowest BCUT2D eigenvalue weighted by molar-refractivity contribution is 0.0119. The minimum Gasteiger partial charge on any atom is -0.508 e. The van der Waals surface area contributed by atoms with Crippen LogP contribution in [0.2, 0.25) is 5.02 Å². The molecule has 36 heavy (non-hydrogen) atoms. The summed E-state index contributed by atoms with van der Waals surface area (Å²) < 4.78 is 7.36. The number of halogens is 1. The molecule has 0 aliphatic carbocycles. The molecule has 8 nitrogen and oxygen atoms in total. The lowest BCUT2D eigenvalue weighted by atomic mass is 9.93. The quantitative estimate of drug-likeness (QED) is 0.359. The second-order valence-corrected chi connectivity index (χ2v) is 9.62. The summed E-state index contributed by atoms with van der Waals surface area (Å²) in [4.78, 5) is 28.2. The average molecular weight is 506 g/mol. The molecule has 1 atom stereocenters. The number of nitrogens with zero attached hydrogens (tertiary/aromatic N) is 2. The van der Waals surface area contributed by atoms with Gasteiger partial charge in [-0.3, -0.25) is 19.8 Å². The number of carbonyl (C=O) groups excluding carboxylic acids is 2. The number of hydrogen-bond acceptors (Lipinski definition) is 6. The number of phenolic OH excluding ortho intramolecular Hbond substituents is 1. The molecule has 1 aromatic heterocycles. The number of aliphatic hydroxyl groups is 1. The number of amides is 2. The molecule has 3 heterocycles. The SMILES string of the molecule is O=C1NC(=O)c2c1c(-c1ccccc1Cl)cc1c2c2cc(O)ccc2n1CC(O)CN1CCOCC1. The van der Waals surface area contributed by atoms with E-state index >= 15 is 0 Å². The van der Waals surface area contributed by atoms with Gasteiger partial charge in [-0.05, 0) is 35.9 Å². The molecule has 0 spiro atoms. The Morgan fingerprint density at radius 3 is 2.47 bits per heavy atom. The van der Waals surface area contributed by atoms with Crippen molar-refractivity contribution < 1.29 is 24.5 Å². The Morgan fingerprint density at radius 2 is 1.69 bits per heavy atom. The molecule has 2 aliphatic heterocycles. The van der Waals surface area contributed by atoms with Crippen LogP contribution in [0.25, 0.3) is 32.9 Å². The van der Waals surface area contributed by atoms with Crippen molar-refractivity contribution >= 4 is 45.2 Å². The lowest BCUT2D eigenvalue weighted by Crippen LogP contribution is -2.42. The fourth-order valence-electron chi connectivity index (χ4n) is 5.37. The molecule has 184 valence electrons. The largest absolute Gasteiger partial charge is 0.508 e. The molecule has 2 aliphatic rings. The Labute approximate surface area is 211 Å². The van der Waals surface area contributed by atoms with Crippen LogP contribution < -0.4 is 5.32 Å². The van der Waals surface area contributed by atoms with Crippen molar-refractivity contribution in [3.8, 4) is 16.9 Å². The van der Waals surface area contributed by atoms with Crippen LogP contribution in [0.1, 0.15) is 20.7 Å². The first-order valence-electron chi connectivity index (χ1n) is 11.8. The third-order valence-electron chi connectivity index (χ3n) is 6.95. The van der Waals surface area contributed by atoms with Crippen molar-refractivity contribution in [2.24, 2.45) is 0 Å². The van der Waals surface area contributed by atoms with Gasteiger partial charge in [-0.2, -0.15) is 0 Å². The molecule has 2 amide bonds. The number of ether oxygens (including phenoxy) is 1. The van der Waals surface area contributed by atoms with Gasteiger partial charge in [-0.25, -0.2) is 0 Å². The Kier molecular flexibility index (Phi) is 5.69. The summed E-state index contributed by atoms with van der Waals surface area (Å²) in [6, 6.07) is 14.0. The van der Waals surface area contributed by atoms with Crippen LogP contribution in [0.4, 0.5) is 0 Å². The number of nitrogens with one attached hydrogen (secondary N) is 1. The van der Waals surface area contributed by atoms with E-state index < -0.39 is 17.9 Å². The van der Waals surface area contributed by atoms with Crippen molar-refractivity contribution in [1.29, 1.82) is 0 Å². The molecule has 1 fully saturated rings. The number of morpholine rings is 1. The van der Waals surface area contributed by atoms with E-state index in [4.69, 9.17) is 16.3 Å². The third kappa shape index (κ3) is 3.74. The molecule has 0 radical (unpaired) electrons. The summed E-state index contributed by atoms with van der Waals surface area (Å²) >= 11 is 6.52. The minimum absolute atomic E-state index is 0.0454. The van der Waals surface area contributed by atoms with Gasteiger partial charge in [0.15, 0.2) is 0 Å². The maximum atomic E-state index is 13.1. The molecule has 3 N–H and O–H groups in total. The highest BCUT2D eigenvalue weighted by Gasteiger charge is 2.35. The van der Waals surface area contributed by atoms with Crippen molar-refractivity contribution in [1.82, 2.24) is 14.8 Å². The number of aromatic hydroxyl groups is 1. The van der Waals surface area contributed by atoms with E-state index in [1.165, 1.54) is 0 Å². The highest BCUT2D eigenvalue weighted by atomic mass is 35.5. The molecule has 0 bridgehead atoms. The van der Waals surface area contributed by atoms with Crippen LogP contribution in [0, 0.1) is 0 Å². The van der Waals surface area contributed by atoms with Crippen LogP contribution in [-0.2, 0) is 11.3 Å². The summed E-state index contributed by atoms with van der Waals surface area (Å²) in [5.74, 6) is -0.936. The van der Waals surface area contributed by atoms with Gasteiger partial charge >= 0.3 is 0 Å². The normalized spacial score (nSPS) is 17.1. The number of β-amino-alcohol motifs (C(OH)–C–C–N with tert-alkyl or cyclic N) is 1. The van der Waals surface area contributed by atoms with Gasteiger partial charge in [0.05, 0.1) is 42.5 Å². The first-order valence-corrected chi connectivity index (χ1v) is 12.2. The number of hydrogen-bond donors (Lipinski definition) is 3. The van der Waals surface area contributed by atoms with Gasteiger partial charge in [0.2, 0.25) is 0 Å². The van der Waals surface area contributed by atoms with E-state index in [-0.39, 0.29) is 23.4 Å². The van der Waals surface area contributed by atoms with E-state index in [0.717, 1.165) is 18.6 Å². The van der Waals surface area contributed by atoms with E-state index in [0.29, 0.717) is 52.2 Å². The topological polar surface area (TPSA) is 104 Å². The number of phenols is 1. The van der Waals surface area contributed by atoms with Crippen LogP contribution >= 0.6 is 11.6 Å². The number of fused-ring (bicyclic) bond motifs is 5. The molecular weight excluding hydrogens is 482 g/mol. The predicted molar refractivity (Wildman–Crippen MR) is 137 cm³/mol. The summed E-state index contributed by atoms with van der Waals surface area (Å²) in [5.41, 5.74) is 3.11. The number of aliphatic hydroxyl groups excluding tert-OH is 1. The molecule has 0 saturated carbocycles. The Bertz CT molecular complexity index is 1540. The third-order valence-corrected chi connectivity index (χ3v) is 7.28. The number of aromatic nitrogens is 1. The fraction of sp³-hybridized carbons (Fsp3) is 0.259. The predicted octanol–water partition coefficient (Wildman–Crippen LogP) is 3.40. The molecular formula is C27H24ClN3O5. The summed E-state index contributed by atoms with van der Waals surface area (Å²) in [7, 11) is 0. The van der Waals surface area contributed by atoms with E-state index in [9.17, 15) is 19.8 Å². The Balaban J connectivity index is 1.59. The first-order chi connectivity index (χ1) is 17.4. The molecule has 9 heteroatoms. The summed E-state index contributed by atoms with van der Waals surface area (Å²) in [6.45, 7) is 3.52.